The van der Waals surface area contributed by atoms with Gasteiger partial charge in [0.05, 0.1) is 6.42 Å². The van der Waals surface area contributed by atoms with Crippen molar-refractivity contribution in [2.24, 2.45) is 5.73 Å². The summed E-state index contributed by atoms with van der Waals surface area (Å²) in [5.41, 5.74) is 6.41. The van der Waals surface area contributed by atoms with Gasteiger partial charge in [0, 0.05) is 24.9 Å². The molecule has 0 radical (unpaired) electrons. The monoisotopic (exact) mass is 233 g/mol. The molecule has 0 aliphatic rings. The van der Waals surface area contributed by atoms with Crippen molar-refractivity contribution in [3.05, 3.63) is 23.8 Å². The molecule has 0 saturated heterocycles. The van der Waals surface area contributed by atoms with Gasteiger partial charge >= 0.3 is 6.18 Å². The molecular weight excluding hydrogens is 219 g/mol. The second kappa shape index (κ2) is 5.25. The average molecular weight is 233 g/mol. The lowest BCUT2D eigenvalue weighted by Crippen LogP contribution is -2.18. The smallest absolute Gasteiger partial charge is 0.328 e. The van der Waals surface area contributed by atoms with Crippen LogP contribution in [0.2, 0.25) is 0 Å². The Bertz CT molecular complexity index is 319. The lowest BCUT2D eigenvalue weighted by atomic mass is 10.1. The zero-order valence-corrected chi connectivity index (χ0v) is 8.96. The number of halogens is 3. The molecule has 0 aliphatic heterocycles. The molecular formula is C10H14F3N3. The van der Waals surface area contributed by atoms with Gasteiger partial charge in [-0.1, -0.05) is 0 Å². The number of hydrogen-bond acceptors (Lipinski definition) is 3. The van der Waals surface area contributed by atoms with Crippen LogP contribution in [0, 0.1) is 0 Å². The predicted molar refractivity (Wildman–Crippen MR) is 53.8 cm³/mol. The topological polar surface area (TPSA) is 51.8 Å². The van der Waals surface area contributed by atoms with Crippen molar-refractivity contribution in [1.29, 1.82) is 0 Å². The molecule has 1 atom stereocenters. The maximum Gasteiger partial charge on any atom is 0.389 e. The van der Waals surface area contributed by atoms with Crippen molar-refractivity contribution in [2.75, 3.05) is 0 Å². The van der Waals surface area contributed by atoms with Crippen LogP contribution in [-0.2, 0) is 12.8 Å². The second-order valence-corrected chi connectivity index (χ2v) is 3.80. The van der Waals surface area contributed by atoms with Crippen molar-refractivity contribution in [1.82, 2.24) is 9.97 Å². The molecule has 0 fully saturated rings. The van der Waals surface area contributed by atoms with Crippen LogP contribution in [0.15, 0.2) is 12.4 Å². The molecule has 0 saturated carbocycles. The lowest BCUT2D eigenvalue weighted by Gasteiger charge is -2.06. The third-order valence-corrected chi connectivity index (χ3v) is 1.95. The Kier molecular flexibility index (Phi) is 4.23. The molecule has 1 aromatic heterocycles. The molecule has 2 N–H and O–H groups in total. The van der Waals surface area contributed by atoms with Gasteiger partial charge < -0.3 is 5.73 Å². The van der Waals surface area contributed by atoms with Crippen LogP contribution in [0.3, 0.4) is 0 Å². The fourth-order valence-electron chi connectivity index (χ4n) is 1.24. The first-order valence-corrected chi connectivity index (χ1v) is 4.99. The highest BCUT2D eigenvalue weighted by atomic mass is 19.4. The van der Waals surface area contributed by atoms with Crippen LogP contribution in [0.4, 0.5) is 13.2 Å². The van der Waals surface area contributed by atoms with Gasteiger partial charge in [0.2, 0.25) is 0 Å². The minimum absolute atomic E-state index is 0.00961. The fraction of sp³-hybridized carbons (Fsp3) is 0.600. The van der Waals surface area contributed by atoms with Crippen molar-refractivity contribution in [2.45, 2.75) is 38.4 Å². The Labute approximate surface area is 91.9 Å². The van der Waals surface area contributed by atoms with Gasteiger partial charge in [-0.05, 0) is 18.9 Å². The van der Waals surface area contributed by atoms with Gasteiger partial charge in [-0.15, -0.1) is 0 Å². The molecule has 6 heteroatoms. The Morgan fingerprint density at radius 2 is 1.88 bits per heavy atom. The average Bonchev–Trinajstić information content (AvgIpc) is 2.14. The first-order valence-electron chi connectivity index (χ1n) is 4.99. The standard InChI is InChI=1S/C10H14F3N3/c1-7(14)4-8-5-15-9(16-6-8)2-3-10(11,12)13/h5-7H,2-4,14H2,1H3. The summed E-state index contributed by atoms with van der Waals surface area (Å²) < 4.78 is 35.8. The largest absolute Gasteiger partial charge is 0.389 e. The molecule has 1 heterocycles. The first kappa shape index (κ1) is 12.9. The van der Waals surface area contributed by atoms with Gasteiger partial charge in [-0.2, -0.15) is 13.2 Å². The van der Waals surface area contributed by atoms with Crippen LogP contribution >= 0.6 is 0 Å². The molecule has 0 aliphatic carbocycles. The summed E-state index contributed by atoms with van der Waals surface area (Å²) >= 11 is 0. The number of rotatable bonds is 4. The number of nitrogens with zero attached hydrogens (tertiary/aromatic N) is 2. The van der Waals surface area contributed by atoms with E-state index in [1.807, 2.05) is 6.92 Å². The molecule has 3 nitrogen and oxygen atoms in total. The predicted octanol–water partition coefficient (Wildman–Crippen LogP) is 1.86. The molecule has 0 bridgehead atoms. The number of hydrogen-bond donors (Lipinski definition) is 1. The maximum absolute atomic E-state index is 11.9. The summed E-state index contributed by atoms with van der Waals surface area (Å²) in [7, 11) is 0. The summed E-state index contributed by atoms with van der Waals surface area (Å²) in [5.74, 6) is 0.214. The Balaban J connectivity index is 2.51. The molecule has 0 aromatic carbocycles. The van der Waals surface area contributed by atoms with E-state index in [0.717, 1.165) is 5.56 Å². The maximum atomic E-state index is 11.9. The van der Waals surface area contributed by atoms with Crippen LogP contribution in [0.25, 0.3) is 0 Å². The number of aromatic nitrogens is 2. The summed E-state index contributed by atoms with van der Waals surface area (Å²) in [4.78, 5) is 7.74. The van der Waals surface area contributed by atoms with E-state index in [1.165, 1.54) is 12.4 Å². The molecule has 0 spiro atoms. The minimum Gasteiger partial charge on any atom is -0.328 e. The Hall–Kier alpha value is -1.17. The molecule has 90 valence electrons. The van der Waals surface area contributed by atoms with E-state index >= 15 is 0 Å². The van der Waals surface area contributed by atoms with E-state index in [1.54, 1.807) is 0 Å². The van der Waals surface area contributed by atoms with Crippen LogP contribution in [0.5, 0.6) is 0 Å². The van der Waals surface area contributed by atoms with E-state index in [-0.39, 0.29) is 18.3 Å². The molecule has 1 unspecified atom stereocenters. The van der Waals surface area contributed by atoms with Gasteiger partial charge in [0.25, 0.3) is 0 Å². The quantitative estimate of drug-likeness (QED) is 0.863. The highest BCUT2D eigenvalue weighted by Gasteiger charge is 2.26. The summed E-state index contributed by atoms with van der Waals surface area (Å²) in [6.07, 6.45) is -1.54. The van der Waals surface area contributed by atoms with Gasteiger partial charge in [-0.3, -0.25) is 0 Å². The van der Waals surface area contributed by atoms with E-state index < -0.39 is 12.6 Å². The molecule has 0 amide bonds. The van der Waals surface area contributed by atoms with Gasteiger partial charge in [-0.25, -0.2) is 9.97 Å². The van der Waals surface area contributed by atoms with E-state index in [9.17, 15) is 13.2 Å². The normalized spacial score (nSPS) is 13.8. The van der Waals surface area contributed by atoms with Gasteiger partial charge in [0.15, 0.2) is 0 Å². The molecule has 16 heavy (non-hydrogen) atoms. The molecule has 1 aromatic rings. The minimum atomic E-state index is -4.16. The number of aryl methyl sites for hydroxylation is 1. The van der Waals surface area contributed by atoms with Crippen molar-refractivity contribution in [3.8, 4) is 0 Å². The van der Waals surface area contributed by atoms with Crippen molar-refractivity contribution >= 4 is 0 Å². The number of nitrogens with two attached hydrogens (primary N) is 1. The third-order valence-electron chi connectivity index (χ3n) is 1.95. The zero-order valence-electron chi connectivity index (χ0n) is 8.96. The lowest BCUT2D eigenvalue weighted by molar-refractivity contribution is -0.134. The number of alkyl halides is 3. The first-order chi connectivity index (χ1) is 7.37. The van der Waals surface area contributed by atoms with Crippen LogP contribution < -0.4 is 5.73 Å². The zero-order chi connectivity index (χ0) is 12.2. The molecule has 1 rings (SSSR count). The summed E-state index contributed by atoms with van der Waals surface area (Å²) in [5, 5.41) is 0. The van der Waals surface area contributed by atoms with E-state index in [0.29, 0.717) is 6.42 Å². The fourth-order valence-corrected chi connectivity index (χ4v) is 1.24. The third kappa shape index (κ3) is 5.06. The summed E-state index contributed by atoms with van der Waals surface area (Å²) in [6, 6.07) is -0.00961. The Morgan fingerprint density at radius 1 is 1.31 bits per heavy atom. The van der Waals surface area contributed by atoms with Gasteiger partial charge in [0.1, 0.15) is 5.82 Å². The Morgan fingerprint density at radius 3 is 2.31 bits per heavy atom. The van der Waals surface area contributed by atoms with E-state index in [2.05, 4.69) is 9.97 Å². The second-order valence-electron chi connectivity index (χ2n) is 3.80. The summed E-state index contributed by atoms with van der Waals surface area (Å²) in [6.45, 7) is 1.84. The highest BCUT2D eigenvalue weighted by Crippen LogP contribution is 2.20. The van der Waals surface area contributed by atoms with Crippen molar-refractivity contribution in [3.63, 3.8) is 0 Å². The highest BCUT2D eigenvalue weighted by molar-refractivity contribution is 5.06. The van der Waals surface area contributed by atoms with E-state index in [4.69, 9.17) is 5.73 Å². The van der Waals surface area contributed by atoms with Crippen LogP contribution in [-0.4, -0.2) is 22.2 Å². The SMILES string of the molecule is CC(N)Cc1cnc(CCC(F)(F)F)nc1. The van der Waals surface area contributed by atoms with Crippen LogP contribution in [0.1, 0.15) is 24.7 Å². The van der Waals surface area contributed by atoms with Crippen molar-refractivity contribution < 1.29 is 13.2 Å².